The third kappa shape index (κ3) is 3.50. The molecular formula is C13H18N2O. The number of allylic oxidation sites excluding steroid dienone is 1. The van der Waals surface area contributed by atoms with Gasteiger partial charge >= 0.3 is 0 Å². The molecule has 0 aliphatic carbocycles. The Bertz CT molecular complexity index is 357. The number of pyridine rings is 1. The highest BCUT2D eigenvalue weighted by atomic mass is 16.2. The molecule has 0 bridgehead atoms. The molecule has 3 nitrogen and oxygen atoms in total. The molecule has 1 aromatic heterocycles. The summed E-state index contributed by atoms with van der Waals surface area (Å²) in [5.41, 5.74) is 0.911. The van der Waals surface area contributed by atoms with Crippen LogP contribution in [0, 0.1) is 0 Å². The van der Waals surface area contributed by atoms with Gasteiger partial charge in [-0.15, -0.1) is 0 Å². The fourth-order valence-corrected chi connectivity index (χ4v) is 1.42. The summed E-state index contributed by atoms with van der Waals surface area (Å²) in [4.78, 5) is 17.8. The number of amides is 1. The Hall–Kier alpha value is -1.64. The highest BCUT2D eigenvalue weighted by molar-refractivity contribution is 5.87. The lowest BCUT2D eigenvalue weighted by molar-refractivity contribution is -0.128. The fourth-order valence-electron chi connectivity index (χ4n) is 1.42. The largest absolute Gasteiger partial charge is 0.331 e. The molecule has 0 aromatic carbocycles. The number of carbonyl (C=O) groups is 1. The Morgan fingerprint density at radius 3 is 2.75 bits per heavy atom. The van der Waals surface area contributed by atoms with E-state index in [-0.39, 0.29) is 11.9 Å². The number of nitrogens with zero attached hydrogens (tertiary/aromatic N) is 2. The zero-order valence-electron chi connectivity index (χ0n) is 10.1. The molecule has 0 aliphatic heterocycles. The van der Waals surface area contributed by atoms with Crippen LogP contribution in [0.15, 0.2) is 36.5 Å². The van der Waals surface area contributed by atoms with Crippen molar-refractivity contribution in [2.75, 3.05) is 0 Å². The summed E-state index contributed by atoms with van der Waals surface area (Å²) in [5, 5.41) is 0. The molecule has 0 aliphatic rings. The van der Waals surface area contributed by atoms with Gasteiger partial charge in [0.05, 0.1) is 12.2 Å². The van der Waals surface area contributed by atoms with Gasteiger partial charge in [-0.25, -0.2) is 0 Å². The van der Waals surface area contributed by atoms with Crippen molar-refractivity contribution in [3.05, 3.63) is 42.2 Å². The molecular weight excluding hydrogens is 200 g/mol. The minimum absolute atomic E-state index is 0.0307. The lowest BCUT2D eigenvalue weighted by atomic mass is 10.2. The van der Waals surface area contributed by atoms with E-state index in [1.165, 1.54) is 0 Å². The molecule has 0 saturated heterocycles. The molecule has 0 saturated carbocycles. The first-order valence-electron chi connectivity index (χ1n) is 5.48. The number of carbonyl (C=O) groups excluding carboxylic acids is 1. The summed E-state index contributed by atoms with van der Waals surface area (Å²) >= 11 is 0. The molecule has 0 N–H and O–H groups in total. The van der Waals surface area contributed by atoms with E-state index >= 15 is 0 Å². The summed E-state index contributed by atoms with van der Waals surface area (Å²) in [7, 11) is 0. The van der Waals surface area contributed by atoms with E-state index in [4.69, 9.17) is 0 Å². The first kappa shape index (κ1) is 12.4. The summed E-state index contributed by atoms with van der Waals surface area (Å²) in [6.45, 7) is 6.41. The SMILES string of the molecule is CC=CC(=O)N(Cc1ccccn1)C(C)C. The van der Waals surface area contributed by atoms with Crippen molar-refractivity contribution in [3.8, 4) is 0 Å². The van der Waals surface area contributed by atoms with Crippen molar-refractivity contribution < 1.29 is 4.79 Å². The predicted molar refractivity (Wildman–Crippen MR) is 64.7 cm³/mol. The average molecular weight is 218 g/mol. The number of hydrogen-bond acceptors (Lipinski definition) is 2. The van der Waals surface area contributed by atoms with Crippen molar-refractivity contribution in [2.45, 2.75) is 33.4 Å². The number of hydrogen-bond donors (Lipinski definition) is 0. The first-order chi connectivity index (χ1) is 7.65. The summed E-state index contributed by atoms with van der Waals surface area (Å²) in [5.74, 6) is 0.0307. The van der Waals surface area contributed by atoms with Crippen LogP contribution in [0.5, 0.6) is 0 Å². The van der Waals surface area contributed by atoms with Crippen LogP contribution in [0.2, 0.25) is 0 Å². The average Bonchev–Trinajstić information content (AvgIpc) is 2.27. The van der Waals surface area contributed by atoms with E-state index < -0.39 is 0 Å². The highest BCUT2D eigenvalue weighted by Crippen LogP contribution is 2.06. The van der Waals surface area contributed by atoms with Gasteiger partial charge in [-0.2, -0.15) is 0 Å². The van der Waals surface area contributed by atoms with Crippen LogP contribution in [0.1, 0.15) is 26.5 Å². The normalized spacial score (nSPS) is 11.0. The van der Waals surface area contributed by atoms with Gasteiger partial charge in [0.2, 0.25) is 5.91 Å². The maximum atomic E-state index is 11.8. The lowest BCUT2D eigenvalue weighted by Gasteiger charge is -2.25. The van der Waals surface area contributed by atoms with Crippen LogP contribution in [-0.4, -0.2) is 21.8 Å². The molecule has 3 heteroatoms. The Morgan fingerprint density at radius 1 is 1.50 bits per heavy atom. The van der Waals surface area contributed by atoms with Crippen molar-refractivity contribution in [1.82, 2.24) is 9.88 Å². The van der Waals surface area contributed by atoms with E-state index in [2.05, 4.69) is 4.98 Å². The van der Waals surface area contributed by atoms with Crippen LogP contribution in [0.25, 0.3) is 0 Å². The third-order valence-electron chi connectivity index (χ3n) is 2.27. The molecule has 1 rings (SSSR count). The number of aromatic nitrogens is 1. The van der Waals surface area contributed by atoms with Crippen LogP contribution in [-0.2, 0) is 11.3 Å². The van der Waals surface area contributed by atoms with Gasteiger partial charge in [-0.3, -0.25) is 9.78 Å². The van der Waals surface area contributed by atoms with E-state index in [0.29, 0.717) is 6.54 Å². The Kier molecular flexibility index (Phi) is 4.70. The zero-order valence-corrected chi connectivity index (χ0v) is 10.1. The van der Waals surface area contributed by atoms with Gasteiger partial charge in [0.1, 0.15) is 0 Å². The van der Waals surface area contributed by atoms with Gasteiger partial charge < -0.3 is 4.90 Å². The van der Waals surface area contributed by atoms with Crippen LogP contribution >= 0.6 is 0 Å². The minimum atomic E-state index is 0.0307. The smallest absolute Gasteiger partial charge is 0.246 e. The van der Waals surface area contributed by atoms with Crippen LogP contribution in [0.4, 0.5) is 0 Å². The second-order valence-electron chi connectivity index (χ2n) is 3.88. The van der Waals surface area contributed by atoms with Gasteiger partial charge in [-0.1, -0.05) is 12.1 Å². The zero-order chi connectivity index (χ0) is 12.0. The van der Waals surface area contributed by atoms with E-state index in [1.54, 1.807) is 23.2 Å². The predicted octanol–water partition coefficient (Wildman–Crippen LogP) is 2.39. The maximum Gasteiger partial charge on any atom is 0.246 e. The van der Waals surface area contributed by atoms with Crippen molar-refractivity contribution in [3.63, 3.8) is 0 Å². The summed E-state index contributed by atoms with van der Waals surface area (Å²) in [6.07, 6.45) is 5.09. The molecule has 0 unspecified atom stereocenters. The molecule has 0 spiro atoms. The monoisotopic (exact) mass is 218 g/mol. The molecule has 0 atom stereocenters. The van der Waals surface area contributed by atoms with E-state index in [0.717, 1.165) is 5.69 Å². The van der Waals surface area contributed by atoms with E-state index in [1.807, 2.05) is 39.0 Å². The summed E-state index contributed by atoms with van der Waals surface area (Å²) in [6, 6.07) is 5.90. The highest BCUT2D eigenvalue weighted by Gasteiger charge is 2.14. The fraction of sp³-hybridized carbons (Fsp3) is 0.385. The van der Waals surface area contributed by atoms with Crippen molar-refractivity contribution >= 4 is 5.91 Å². The molecule has 0 radical (unpaired) electrons. The van der Waals surface area contributed by atoms with Gasteiger partial charge in [0.25, 0.3) is 0 Å². The minimum Gasteiger partial charge on any atom is -0.331 e. The topological polar surface area (TPSA) is 33.2 Å². The number of rotatable bonds is 4. The molecule has 1 aromatic rings. The molecule has 0 fully saturated rings. The first-order valence-corrected chi connectivity index (χ1v) is 5.48. The lowest BCUT2D eigenvalue weighted by Crippen LogP contribution is -2.35. The van der Waals surface area contributed by atoms with E-state index in [9.17, 15) is 4.79 Å². The van der Waals surface area contributed by atoms with Crippen LogP contribution in [0.3, 0.4) is 0 Å². The standard InChI is InChI=1S/C13H18N2O/c1-4-7-13(16)15(11(2)3)10-12-8-5-6-9-14-12/h4-9,11H,10H2,1-3H3. The summed E-state index contributed by atoms with van der Waals surface area (Å²) < 4.78 is 0. The Balaban J connectivity index is 2.77. The Morgan fingerprint density at radius 2 is 2.25 bits per heavy atom. The quantitative estimate of drug-likeness (QED) is 0.727. The van der Waals surface area contributed by atoms with Crippen molar-refractivity contribution in [1.29, 1.82) is 0 Å². The Labute approximate surface area is 96.8 Å². The molecule has 1 heterocycles. The van der Waals surface area contributed by atoms with Crippen molar-refractivity contribution in [2.24, 2.45) is 0 Å². The van der Waals surface area contributed by atoms with Gasteiger partial charge in [-0.05, 0) is 39.0 Å². The third-order valence-corrected chi connectivity index (χ3v) is 2.27. The van der Waals surface area contributed by atoms with Crippen LogP contribution < -0.4 is 0 Å². The van der Waals surface area contributed by atoms with Gasteiger partial charge in [0.15, 0.2) is 0 Å². The molecule has 86 valence electrons. The molecule has 1 amide bonds. The second-order valence-corrected chi connectivity index (χ2v) is 3.88. The van der Waals surface area contributed by atoms with Gasteiger partial charge in [0, 0.05) is 12.2 Å². The maximum absolute atomic E-state index is 11.8. The second kappa shape index (κ2) is 6.05. The molecule has 16 heavy (non-hydrogen) atoms.